The zero-order chi connectivity index (χ0) is 23.0. The van der Waals surface area contributed by atoms with Gasteiger partial charge in [0.25, 0.3) is 5.91 Å². The maximum absolute atomic E-state index is 12.7. The molecule has 1 aromatic heterocycles. The van der Waals surface area contributed by atoms with Crippen molar-refractivity contribution in [2.75, 3.05) is 5.32 Å². The smallest absolute Gasteiger partial charge is 0.322 e. The Labute approximate surface area is 178 Å². The number of aromatic nitrogens is 1. The summed E-state index contributed by atoms with van der Waals surface area (Å²) in [7, 11) is 0. The maximum Gasteiger partial charge on any atom is 0.409 e. The number of nitrogens with zero attached hydrogens (tertiary/aromatic N) is 1. The molecule has 31 heavy (non-hydrogen) atoms. The number of amides is 1. The zero-order valence-corrected chi connectivity index (χ0v) is 17.7. The molecule has 3 aromatic rings. The number of halogens is 3. The highest BCUT2D eigenvalue weighted by Gasteiger charge is 2.24. The van der Waals surface area contributed by atoms with Gasteiger partial charge in [0.1, 0.15) is 0 Å². The van der Waals surface area contributed by atoms with Gasteiger partial charge >= 0.3 is 6.18 Å². The van der Waals surface area contributed by atoms with Gasteiger partial charge in [-0.1, -0.05) is 45.0 Å². The van der Waals surface area contributed by atoms with Crippen LogP contribution < -0.4 is 5.32 Å². The average molecular weight is 428 g/mol. The van der Waals surface area contributed by atoms with E-state index in [0.717, 1.165) is 11.5 Å². The summed E-state index contributed by atoms with van der Waals surface area (Å²) < 4.78 is 38.6. The molecule has 0 aliphatic heterocycles. The highest BCUT2D eigenvalue weighted by molar-refractivity contribution is 6.06. The van der Waals surface area contributed by atoms with Crippen molar-refractivity contribution in [1.29, 1.82) is 0 Å². The quantitative estimate of drug-likeness (QED) is 0.520. The summed E-state index contributed by atoms with van der Waals surface area (Å²) >= 11 is 0. The molecule has 0 unspecified atom stereocenters. The molecule has 0 aliphatic rings. The molecule has 0 saturated heterocycles. The Balaban J connectivity index is 1.85. The third-order valence-electron chi connectivity index (χ3n) is 4.77. The minimum absolute atomic E-state index is 0.0654. The molecule has 1 amide bonds. The van der Waals surface area contributed by atoms with E-state index >= 15 is 0 Å². The molecule has 0 saturated carbocycles. The number of hydrogen-bond acceptors (Lipinski definition) is 2. The van der Waals surface area contributed by atoms with E-state index in [-0.39, 0.29) is 17.9 Å². The van der Waals surface area contributed by atoms with Gasteiger partial charge in [-0.25, -0.2) is 0 Å². The van der Waals surface area contributed by atoms with Gasteiger partial charge in [0.2, 0.25) is 5.91 Å². The monoisotopic (exact) mass is 428 g/mol. The van der Waals surface area contributed by atoms with Crippen LogP contribution in [0.5, 0.6) is 0 Å². The summed E-state index contributed by atoms with van der Waals surface area (Å²) in [6.07, 6.45) is -1.57. The molecular weight excluding hydrogens is 405 g/mol. The Bertz CT molecular complexity index is 1180. The molecule has 0 fully saturated rings. The number of nitrogens with one attached hydrogen (secondary N) is 1. The molecule has 0 bridgehead atoms. The largest absolute Gasteiger partial charge is 0.409 e. The number of carbonyl (C=O) groups is 2. The molecule has 7 heteroatoms. The number of hydrogen-bond donors (Lipinski definition) is 1. The van der Waals surface area contributed by atoms with Crippen molar-refractivity contribution in [2.24, 2.45) is 5.41 Å². The van der Waals surface area contributed by atoms with Crippen molar-refractivity contribution < 1.29 is 22.8 Å². The molecule has 0 atom stereocenters. The van der Waals surface area contributed by atoms with E-state index in [1.54, 1.807) is 29.8 Å². The van der Waals surface area contributed by atoms with Gasteiger partial charge in [0.15, 0.2) is 0 Å². The molecule has 3 rings (SSSR count). The highest BCUT2D eigenvalue weighted by Crippen LogP contribution is 2.26. The van der Waals surface area contributed by atoms with Crippen LogP contribution in [-0.2, 0) is 0 Å². The van der Waals surface area contributed by atoms with Gasteiger partial charge in [0.05, 0.1) is 5.52 Å². The number of benzene rings is 2. The molecule has 0 spiro atoms. The van der Waals surface area contributed by atoms with Crippen LogP contribution in [0.15, 0.2) is 54.7 Å². The fraction of sp³-hybridized carbons (Fsp3) is 0.250. The topological polar surface area (TPSA) is 51.1 Å². The van der Waals surface area contributed by atoms with Crippen LogP contribution in [0.1, 0.15) is 47.1 Å². The Hall–Kier alpha value is -3.35. The number of aryl methyl sites for hydroxylation is 1. The third kappa shape index (κ3) is 5.23. The first-order valence-corrected chi connectivity index (χ1v) is 9.69. The predicted molar refractivity (Wildman–Crippen MR) is 116 cm³/mol. The molecular formula is C24H23F3N2O2. The standard InChI is InChI=1S/C24H23F3N2O2/c1-15-13-16(9-11-24(25,26)27)5-8-19(15)21(30)28-18-7-6-17-10-12-29(20(17)14-18)22(31)23(2,3)4/h5-14H,1-4H3,(H,28,30)/b11-9+. The molecule has 4 nitrogen and oxygen atoms in total. The average Bonchev–Trinajstić information content (AvgIpc) is 3.07. The maximum atomic E-state index is 12.7. The minimum Gasteiger partial charge on any atom is -0.322 e. The van der Waals surface area contributed by atoms with E-state index in [1.165, 1.54) is 18.2 Å². The van der Waals surface area contributed by atoms with Crippen LogP contribution in [0.3, 0.4) is 0 Å². The van der Waals surface area contributed by atoms with Crippen molar-refractivity contribution in [2.45, 2.75) is 33.9 Å². The number of anilines is 1. The lowest BCUT2D eigenvalue weighted by Crippen LogP contribution is -2.26. The Morgan fingerprint density at radius 3 is 2.32 bits per heavy atom. The summed E-state index contributed by atoms with van der Waals surface area (Å²) in [5.41, 5.74) is 1.89. The minimum atomic E-state index is -4.39. The van der Waals surface area contributed by atoms with Crippen LogP contribution in [0.25, 0.3) is 17.0 Å². The van der Waals surface area contributed by atoms with Crippen molar-refractivity contribution in [1.82, 2.24) is 4.57 Å². The van der Waals surface area contributed by atoms with Gasteiger partial charge in [-0.05, 0) is 42.3 Å². The first-order chi connectivity index (χ1) is 14.3. The summed E-state index contributed by atoms with van der Waals surface area (Å²) in [4.78, 5) is 25.4. The predicted octanol–water partition coefficient (Wildman–Crippen LogP) is 6.46. The second-order valence-electron chi connectivity index (χ2n) is 8.42. The van der Waals surface area contributed by atoms with Gasteiger partial charge in [-0.3, -0.25) is 14.2 Å². The van der Waals surface area contributed by atoms with Gasteiger partial charge < -0.3 is 5.32 Å². The second kappa shape index (κ2) is 8.06. The first-order valence-electron chi connectivity index (χ1n) is 9.69. The molecule has 0 radical (unpaired) electrons. The lowest BCUT2D eigenvalue weighted by molar-refractivity contribution is -0.0790. The third-order valence-corrected chi connectivity index (χ3v) is 4.77. The highest BCUT2D eigenvalue weighted by atomic mass is 19.4. The number of carbonyl (C=O) groups excluding carboxylic acids is 2. The molecule has 0 aliphatic carbocycles. The molecule has 162 valence electrons. The van der Waals surface area contributed by atoms with E-state index in [0.29, 0.717) is 27.9 Å². The summed E-state index contributed by atoms with van der Waals surface area (Å²) in [6, 6.07) is 11.6. The number of alkyl halides is 3. The summed E-state index contributed by atoms with van der Waals surface area (Å²) in [5.74, 6) is -0.451. The lowest BCUT2D eigenvalue weighted by atomic mass is 9.95. The van der Waals surface area contributed by atoms with Crippen LogP contribution in [0, 0.1) is 12.3 Å². The van der Waals surface area contributed by atoms with Crippen LogP contribution in [-0.4, -0.2) is 22.6 Å². The first kappa shape index (κ1) is 22.3. The van der Waals surface area contributed by atoms with Crippen LogP contribution in [0.2, 0.25) is 0 Å². The zero-order valence-electron chi connectivity index (χ0n) is 17.7. The Morgan fingerprint density at radius 2 is 1.71 bits per heavy atom. The Morgan fingerprint density at radius 1 is 1.00 bits per heavy atom. The summed E-state index contributed by atoms with van der Waals surface area (Å²) in [5, 5.41) is 3.67. The van der Waals surface area contributed by atoms with E-state index in [2.05, 4.69) is 5.32 Å². The fourth-order valence-electron chi connectivity index (χ4n) is 3.18. The number of fused-ring (bicyclic) bond motifs is 1. The van der Waals surface area contributed by atoms with Gasteiger partial charge in [-0.15, -0.1) is 0 Å². The van der Waals surface area contributed by atoms with Crippen LogP contribution >= 0.6 is 0 Å². The van der Waals surface area contributed by atoms with E-state index in [4.69, 9.17) is 0 Å². The molecule has 2 aromatic carbocycles. The normalized spacial score (nSPS) is 12.5. The summed E-state index contributed by atoms with van der Waals surface area (Å²) in [6.45, 7) is 7.17. The van der Waals surface area contributed by atoms with Crippen molar-refractivity contribution in [3.8, 4) is 0 Å². The second-order valence-corrected chi connectivity index (χ2v) is 8.42. The fourth-order valence-corrected chi connectivity index (χ4v) is 3.18. The van der Waals surface area contributed by atoms with E-state index in [9.17, 15) is 22.8 Å². The Kier molecular flexibility index (Phi) is 5.81. The van der Waals surface area contributed by atoms with Crippen molar-refractivity contribution >= 4 is 34.5 Å². The molecule has 1 heterocycles. The van der Waals surface area contributed by atoms with Crippen molar-refractivity contribution in [3.05, 3.63) is 71.4 Å². The van der Waals surface area contributed by atoms with Gasteiger partial charge in [-0.2, -0.15) is 13.2 Å². The van der Waals surface area contributed by atoms with E-state index in [1.807, 2.05) is 32.9 Å². The number of rotatable bonds is 3. The number of allylic oxidation sites excluding steroid dienone is 1. The SMILES string of the molecule is Cc1cc(/C=C/C(F)(F)F)ccc1C(=O)Nc1ccc2ccn(C(=O)C(C)(C)C)c2c1. The lowest BCUT2D eigenvalue weighted by Gasteiger charge is -2.18. The van der Waals surface area contributed by atoms with Gasteiger partial charge in [0, 0.05) is 34.3 Å². The molecule has 1 N–H and O–H groups in total. The van der Waals surface area contributed by atoms with E-state index < -0.39 is 11.6 Å². The van der Waals surface area contributed by atoms with Crippen molar-refractivity contribution in [3.63, 3.8) is 0 Å². The van der Waals surface area contributed by atoms with Crippen LogP contribution in [0.4, 0.5) is 18.9 Å².